The molecular formula is C19H18N4O3. The van der Waals surface area contributed by atoms with Crippen LogP contribution in [0.2, 0.25) is 0 Å². The highest BCUT2D eigenvalue weighted by Crippen LogP contribution is 2.25. The Labute approximate surface area is 150 Å². The summed E-state index contributed by atoms with van der Waals surface area (Å²) in [4.78, 5) is 12.3. The zero-order valence-electron chi connectivity index (χ0n) is 14.4. The number of carbonyl (C=O) groups excluding carboxylic acids is 1. The first kappa shape index (κ1) is 17.2. The lowest BCUT2D eigenvalue weighted by atomic mass is 10.1. The van der Waals surface area contributed by atoms with Crippen molar-refractivity contribution >= 4 is 12.1 Å². The first-order valence-electron chi connectivity index (χ1n) is 7.88. The van der Waals surface area contributed by atoms with Crippen LogP contribution >= 0.6 is 0 Å². The van der Waals surface area contributed by atoms with Crippen LogP contribution in [0.25, 0.3) is 11.3 Å². The van der Waals surface area contributed by atoms with Crippen LogP contribution < -0.4 is 10.2 Å². The van der Waals surface area contributed by atoms with E-state index in [2.05, 4.69) is 15.6 Å². The molecule has 0 radical (unpaired) electrons. The van der Waals surface area contributed by atoms with Crippen LogP contribution in [0.3, 0.4) is 0 Å². The number of ether oxygens (including phenoxy) is 1. The summed E-state index contributed by atoms with van der Waals surface area (Å²) in [5.41, 5.74) is 5.11. The van der Waals surface area contributed by atoms with E-state index in [0.29, 0.717) is 22.7 Å². The van der Waals surface area contributed by atoms with Crippen LogP contribution in [0.4, 0.5) is 0 Å². The largest absolute Gasteiger partial charge is 0.504 e. The number of hydrogen-bond donors (Lipinski definition) is 2. The summed E-state index contributed by atoms with van der Waals surface area (Å²) in [7, 11) is 3.17. The molecule has 7 heteroatoms. The summed E-state index contributed by atoms with van der Waals surface area (Å²) in [6.45, 7) is 0. The van der Waals surface area contributed by atoms with Gasteiger partial charge in [-0.15, -0.1) is 0 Å². The Morgan fingerprint density at radius 3 is 2.69 bits per heavy atom. The van der Waals surface area contributed by atoms with Gasteiger partial charge in [-0.25, -0.2) is 5.43 Å². The molecule has 0 unspecified atom stereocenters. The summed E-state index contributed by atoms with van der Waals surface area (Å²) < 4.78 is 6.48. The molecule has 2 aromatic carbocycles. The monoisotopic (exact) mass is 350 g/mol. The van der Waals surface area contributed by atoms with Crippen molar-refractivity contribution in [2.24, 2.45) is 12.1 Å². The predicted molar refractivity (Wildman–Crippen MR) is 98.4 cm³/mol. The molecule has 0 saturated heterocycles. The Morgan fingerprint density at radius 1 is 1.23 bits per heavy atom. The van der Waals surface area contributed by atoms with Gasteiger partial charge in [-0.05, 0) is 29.8 Å². The minimum atomic E-state index is -0.379. The number of phenolic OH excluding ortho intramolecular Hbond substituents is 1. The SMILES string of the molecule is COc1ccc(/C=N/NC(=O)c2cc(-c3ccccc3)nn2C)cc1O. The molecule has 0 aliphatic rings. The fourth-order valence-electron chi connectivity index (χ4n) is 2.44. The quantitative estimate of drug-likeness (QED) is 0.547. The number of nitrogens with one attached hydrogen (secondary N) is 1. The number of amides is 1. The number of aryl methyl sites for hydroxylation is 1. The summed E-state index contributed by atoms with van der Waals surface area (Å²) in [5.74, 6) is -0.00686. The molecule has 0 atom stereocenters. The van der Waals surface area contributed by atoms with E-state index in [4.69, 9.17) is 4.74 Å². The van der Waals surface area contributed by atoms with Crippen molar-refractivity contribution in [2.45, 2.75) is 0 Å². The Hall–Kier alpha value is -3.61. The van der Waals surface area contributed by atoms with Gasteiger partial charge < -0.3 is 9.84 Å². The highest BCUT2D eigenvalue weighted by Gasteiger charge is 2.13. The van der Waals surface area contributed by atoms with Crippen LogP contribution in [-0.2, 0) is 7.05 Å². The van der Waals surface area contributed by atoms with Crippen molar-refractivity contribution in [3.05, 3.63) is 65.9 Å². The van der Waals surface area contributed by atoms with Gasteiger partial charge in [0.05, 0.1) is 19.0 Å². The Kier molecular flexibility index (Phi) is 4.98. The third-order valence-electron chi connectivity index (χ3n) is 3.76. The summed E-state index contributed by atoms with van der Waals surface area (Å²) >= 11 is 0. The van der Waals surface area contributed by atoms with Crippen molar-refractivity contribution in [1.82, 2.24) is 15.2 Å². The molecule has 0 fully saturated rings. The average Bonchev–Trinajstić information content (AvgIpc) is 3.04. The number of rotatable bonds is 5. The highest BCUT2D eigenvalue weighted by molar-refractivity contribution is 5.94. The number of carbonyl (C=O) groups is 1. The molecule has 0 bridgehead atoms. The van der Waals surface area contributed by atoms with Crippen molar-refractivity contribution in [1.29, 1.82) is 0 Å². The molecular weight excluding hydrogens is 332 g/mol. The lowest BCUT2D eigenvalue weighted by molar-refractivity contribution is 0.0945. The molecule has 0 aliphatic carbocycles. The van der Waals surface area contributed by atoms with Crippen LogP contribution in [0.1, 0.15) is 16.1 Å². The van der Waals surface area contributed by atoms with Gasteiger partial charge in [0.2, 0.25) is 0 Å². The molecule has 3 rings (SSSR count). The third-order valence-corrected chi connectivity index (χ3v) is 3.76. The van der Waals surface area contributed by atoms with Crippen molar-refractivity contribution in [3.8, 4) is 22.8 Å². The molecule has 0 saturated carbocycles. The predicted octanol–water partition coefficient (Wildman–Crippen LogP) is 2.57. The molecule has 1 heterocycles. The standard InChI is InChI=1S/C19H18N4O3/c1-23-16(11-15(22-23)14-6-4-3-5-7-14)19(25)21-20-12-13-8-9-18(26-2)17(24)10-13/h3-12,24H,1-2H3,(H,21,25)/b20-12+. The minimum Gasteiger partial charge on any atom is -0.504 e. The lowest BCUT2D eigenvalue weighted by Crippen LogP contribution is -2.20. The van der Waals surface area contributed by atoms with Crippen LogP contribution in [-0.4, -0.2) is 34.1 Å². The zero-order valence-corrected chi connectivity index (χ0v) is 14.4. The van der Waals surface area contributed by atoms with Crippen LogP contribution in [0.5, 0.6) is 11.5 Å². The van der Waals surface area contributed by atoms with Crippen LogP contribution in [0.15, 0.2) is 59.7 Å². The smallest absolute Gasteiger partial charge is 0.289 e. The van der Waals surface area contributed by atoms with E-state index in [1.165, 1.54) is 24.1 Å². The summed E-state index contributed by atoms with van der Waals surface area (Å²) in [5, 5.41) is 18.0. The van der Waals surface area contributed by atoms with Crippen LogP contribution in [0, 0.1) is 0 Å². The molecule has 132 valence electrons. The van der Waals surface area contributed by atoms with Crippen molar-refractivity contribution < 1.29 is 14.6 Å². The first-order chi connectivity index (χ1) is 12.6. The molecule has 0 spiro atoms. The molecule has 2 N–H and O–H groups in total. The van der Waals surface area contributed by atoms with Gasteiger partial charge in [-0.2, -0.15) is 10.2 Å². The summed E-state index contributed by atoms with van der Waals surface area (Å²) in [6, 6.07) is 16.1. The molecule has 3 aromatic rings. The van der Waals surface area contributed by atoms with Gasteiger partial charge in [0.15, 0.2) is 11.5 Å². The van der Waals surface area contributed by atoms with E-state index >= 15 is 0 Å². The van der Waals surface area contributed by atoms with Crippen molar-refractivity contribution in [3.63, 3.8) is 0 Å². The number of benzene rings is 2. The van der Waals surface area contributed by atoms with Gasteiger partial charge in [0, 0.05) is 12.6 Å². The Morgan fingerprint density at radius 2 is 2.00 bits per heavy atom. The zero-order chi connectivity index (χ0) is 18.5. The maximum Gasteiger partial charge on any atom is 0.289 e. The molecule has 0 aliphatic heterocycles. The summed E-state index contributed by atoms with van der Waals surface area (Å²) in [6.07, 6.45) is 1.44. The maximum atomic E-state index is 12.3. The maximum absolute atomic E-state index is 12.3. The van der Waals surface area contributed by atoms with Gasteiger partial charge >= 0.3 is 0 Å². The minimum absolute atomic E-state index is 0.00177. The Balaban J connectivity index is 1.70. The van der Waals surface area contributed by atoms with E-state index in [1.807, 2.05) is 30.3 Å². The third kappa shape index (κ3) is 3.72. The number of aromatic hydroxyl groups is 1. The molecule has 26 heavy (non-hydrogen) atoms. The number of phenols is 1. The highest BCUT2D eigenvalue weighted by atomic mass is 16.5. The second-order valence-corrected chi connectivity index (χ2v) is 5.53. The lowest BCUT2D eigenvalue weighted by Gasteiger charge is -2.03. The van der Waals surface area contributed by atoms with E-state index in [9.17, 15) is 9.90 Å². The van der Waals surface area contributed by atoms with E-state index in [0.717, 1.165) is 5.56 Å². The second kappa shape index (κ2) is 7.52. The van der Waals surface area contributed by atoms with Gasteiger partial charge in [0.1, 0.15) is 5.69 Å². The molecule has 1 amide bonds. The Bertz CT molecular complexity index is 949. The number of aromatic nitrogens is 2. The van der Waals surface area contributed by atoms with E-state index in [1.54, 1.807) is 25.2 Å². The van der Waals surface area contributed by atoms with E-state index < -0.39 is 0 Å². The number of hydrazone groups is 1. The first-order valence-corrected chi connectivity index (χ1v) is 7.88. The number of nitrogens with zero attached hydrogens (tertiary/aromatic N) is 3. The fourth-order valence-corrected chi connectivity index (χ4v) is 2.44. The molecule has 1 aromatic heterocycles. The normalized spacial score (nSPS) is 10.8. The van der Waals surface area contributed by atoms with E-state index in [-0.39, 0.29) is 11.7 Å². The fraction of sp³-hybridized carbons (Fsp3) is 0.105. The van der Waals surface area contributed by atoms with Gasteiger partial charge in [-0.3, -0.25) is 9.48 Å². The van der Waals surface area contributed by atoms with Gasteiger partial charge in [0.25, 0.3) is 5.91 Å². The molecule has 7 nitrogen and oxygen atoms in total. The number of hydrogen-bond acceptors (Lipinski definition) is 5. The second-order valence-electron chi connectivity index (χ2n) is 5.53. The number of methoxy groups -OCH3 is 1. The van der Waals surface area contributed by atoms with Crippen molar-refractivity contribution in [2.75, 3.05) is 7.11 Å². The average molecular weight is 350 g/mol. The van der Waals surface area contributed by atoms with Gasteiger partial charge in [-0.1, -0.05) is 30.3 Å². The topological polar surface area (TPSA) is 88.7 Å².